The molecule has 1 amide bonds. The van der Waals surface area contributed by atoms with Crippen LogP contribution in [0.5, 0.6) is 5.75 Å². The van der Waals surface area contributed by atoms with E-state index in [1.54, 1.807) is 30.3 Å². The van der Waals surface area contributed by atoms with Gasteiger partial charge in [0.2, 0.25) is 0 Å². The zero-order valence-electron chi connectivity index (χ0n) is 13.6. The van der Waals surface area contributed by atoms with Gasteiger partial charge in [0, 0.05) is 5.69 Å². The molecule has 0 aromatic heterocycles. The Bertz CT molecular complexity index is 775. The highest BCUT2D eigenvalue weighted by Gasteiger charge is 2.07. The molecule has 0 atom stereocenters. The fourth-order valence-corrected chi connectivity index (χ4v) is 2.29. The molecule has 0 spiro atoms. The van der Waals surface area contributed by atoms with Crippen molar-refractivity contribution in [3.05, 3.63) is 59.7 Å². The summed E-state index contributed by atoms with van der Waals surface area (Å²) >= 11 is 5.07. The van der Waals surface area contributed by atoms with Crippen molar-refractivity contribution in [2.45, 2.75) is 13.3 Å². The van der Waals surface area contributed by atoms with Gasteiger partial charge in [-0.05, 0) is 54.5 Å². The number of amides is 1. The second-order valence-corrected chi connectivity index (χ2v) is 5.78. The van der Waals surface area contributed by atoms with Crippen LogP contribution in [-0.2, 0) is 16.0 Å². The highest BCUT2D eigenvalue weighted by Crippen LogP contribution is 2.12. The topological polar surface area (TPSA) is 87.7 Å². The lowest BCUT2D eigenvalue weighted by Gasteiger charge is -2.11. The van der Waals surface area contributed by atoms with Crippen LogP contribution < -0.4 is 15.4 Å². The number of rotatable bonds is 6. The molecule has 0 saturated carbocycles. The van der Waals surface area contributed by atoms with Gasteiger partial charge in [0.05, 0.1) is 6.42 Å². The molecule has 6 nitrogen and oxygen atoms in total. The van der Waals surface area contributed by atoms with Gasteiger partial charge >= 0.3 is 5.97 Å². The van der Waals surface area contributed by atoms with E-state index in [-0.39, 0.29) is 24.0 Å². The molecule has 130 valence electrons. The van der Waals surface area contributed by atoms with Crippen LogP contribution >= 0.6 is 12.2 Å². The third-order valence-electron chi connectivity index (χ3n) is 3.18. The molecule has 0 radical (unpaired) electrons. The van der Waals surface area contributed by atoms with E-state index in [4.69, 9.17) is 22.1 Å². The Morgan fingerprint density at radius 3 is 2.52 bits per heavy atom. The first-order valence-electron chi connectivity index (χ1n) is 7.53. The lowest BCUT2D eigenvalue weighted by atomic mass is 10.1. The van der Waals surface area contributed by atoms with Gasteiger partial charge in [0.15, 0.2) is 11.7 Å². The maximum atomic E-state index is 11.8. The Morgan fingerprint density at radius 1 is 1.16 bits per heavy atom. The maximum Gasteiger partial charge on any atom is 0.307 e. The number of carboxylic acids is 1. The van der Waals surface area contributed by atoms with E-state index in [0.717, 1.165) is 5.56 Å². The highest BCUT2D eigenvalue weighted by atomic mass is 32.1. The number of thiocarbonyl (C=S) groups is 1. The second kappa shape index (κ2) is 8.79. The van der Waals surface area contributed by atoms with Gasteiger partial charge in [-0.1, -0.05) is 24.3 Å². The van der Waals surface area contributed by atoms with Gasteiger partial charge in [0.1, 0.15) is 5.75 Å². The van der Waals surface area contributed by atoms with Crippen LogP contribution in [0.2, 0.25) is 0 Å². The molecule has 0 unspecified atom stereocenters. The molecule has 2 aromatic rings. The van der Waals surface area contributed by atoms with E-state index < -0.39 is 5.97 Å². The fraction of sp³-hybridized carbons (Fsp3) is 0.167. The van der Waals surface area contributed by atoms with Crippen molar-refractivity contribution < 1.29 is 19.4 Å². The van der Waals surface area contributed by atoms with E-state index >= 15 is 0 Å². The number of ether oxygens (including phenoxy) is 1. The number of carbonyl (C=O) groups excluding carboxylic acids is 1. The third-order valence-corrected chi connectivity index (χ3v) is 3.38. The average molecular weight is 358 g/mol. The monoisotopic (exact) mass is 358 g/mol. The number of aryl methyl sites for hydroxylation is 1. The summed E-state index contributed by atoms with van der Waals surface area (Å²) in [6.45, 7) is 1.79. The summed E-state index contributed by atoms with van der Waals surface area (Å²) in [5.41, 5.74) is 2.38. The average Bonchev–Trinajstić information content (AvgIpc) is 2.54. The van der Waals surface area contributed by atoms with Crippen molar-refractivity contribution >= 4 is 34.9 Å². The molecule has 2 aromatic carbocycles. The van der Waals surface area contributed by atoms with Crippen molar-refractivity contribution in [2.75, 3.05) is 11.9 Å². The number of aliphatic carboxylic acids is 1. The molecule has 2 rings (SSSR count). The lowest BCUT2D eigenvalue weighted by Crippen LogP contribution is -2.37. The Kier molecular flexibility index (Phi) is 6.47. The number of nitrogens with one attached hydrogen (secondary N) is 2. The minimum absolute atomic E-state index is 0.0439. The molecular formula is C18H18N2O4S. The Morgan fingerprint density at radius 2 is 1.88 bits per heavy atom. The third kappa shape index (κ3) is 6.60. The fourth-order valence-electron chi connectivity index (χ4n) is 2.06. The van der Waals surface area contributed by atoms with E-state index in [1.807, 2.05) is 25.1 Å². The Hall–Kier alpha value is -2.93. The van der Waals surface area contributed by atoms with Crippen LogP contribution in [-0.4, -0.2) is 28.7 Å². The van der Waals surface area contributed by atoms with Gasteiger partial charge in [-0.15, -0.1) is 0 Å². The molecule has 0 heterocycles. The lowest BCUT2D eigenvalue weighted by molar-refractivity contribution is -0.136. The zero-order valence-corrected chi connectivity index (χ0v) is 14.4. The van der Waals surface area contributed by atoms with Gasteiger partial charge in [-0.2, -0.15) is 0 Å². The maximum absolute atomic E-state index is 11.8. The van der Waals surface area contributed by atoms with Crippen LogP contribution in [0.3, 0.4) is 0 Å². The van der Waals surface area contributed by atoms with E-state index in [9.17, 15) is 9.59 Å². The predicted molar refractivity (Wildman–Crippen MR) is 98.8 cm³/mol. The van der Waals surface area contributed by atoms with Gasteiger partial charge in [0.25, 0.3) is 5.91 Å². The van der Waals surface area contributed by atoms with Crippen LogP contribution in [0, 0.1) is 6.92 Å². The summed E-state index contributed by atoms with van der Waals surface area (Å²) in [5.74, 6) is -0.651. The molecule has 0 saturated heterocycles. The summed E-state index contributed by atoms with van der Waals surface area (Å²) < 4.78 is 5.40. The molecular weight excluding hydrogens is 340 g/mol. The van der Waals surface area contributed by atoms with Gasteiger partial charge < -0.3 is 15.2 Å². The minimum Gasteiger partial charge on any atom is -0.484 e. The van der Waals surface area contributed by atoms with Crippen LogP contribution in [0.25, 0.3) is 0 Å². The van der Waals surface area contributed by atoms with Crippen molar-refractivity contribution in [1.29, 1.82) is 0 Å². The number of anilines is 1. The zero-order chi connectivity index (χ0) is 18.2. The van der Waals surface area contributed by atoms with E-state index in [1.165, 1.54) is 0 Å². The Labute approximate surface area is 150 Å². The molecule has 0 bridgehead atoms. The van der Waals surface area contributed by atoms with Crippen molar-refractivity contribution in [3.8, 4) is 5.75 Å². The predicted octanol–water partition coefficient (Wildman–Crippen LogP) is 2.51. The normalized spacial score (nSPS) is 9.96. The smallest absolute Gasteiger partial charge is 0.307 e. The first kappa shape index (κ1) is 18.4. The van der Waals surface area contributed by atoms with E-state index in [2.05, 4.69) is 10.6 Å². The number of carboxylic acid groups (broad SMARTS) is 1. The molecule has 0 aliphatic carbocycles. The number of benzene rings is 2. The van der Waals surface area contributed by atoms with Gasteiger partial charge in [-0.25, -0.2) is 0 Å². The molecule has 0 fully saturated rings. The standard InChI is InChI=1S/C18H18N2O4S/c1-12-3-2-4-15(9-12)24-11-16(21)20-18(25)19-14-7-5-13(6-8-14)10-17(22)23/h2-9H,10-11H2,1H3,(H,22,23)(H2,19,20,21,25). The van der Waals surface area contributed by atoms with Crippen LogP contribution in [0.15, 0.2) is 48.5 Å². The SMILES string of the molecule is Cc1cccc(OCC(=O)NC(=S)Nc2ccc(CC(=O)O)cc2)c1. The van der Waals surface area contributed by atoms with E-state index in [0.29, 0.717) is 17.0 Å². The van der Waals surface area contributed by atoms with Gasteiger partial charge in [-0.3, -0.25) is 14.9 Å². The quantitative estimate of drug-likeness (QED) is 0.688. The first-order valence-corrected chi connectivity index (χ1v) is 7.94. The molecule has 25 heavy (non-hydrogen) atoms. The molecule has 0 aliphatic rings. The number of hydrogen-bond donors (Lipinski definition) is 3. The summed E-state index contributed by atoms with van der Waals surface area (Å²) in [6.07, 6.45) is -0.0439. The van der Waals surface area contributed by atoms with Crippen LogP contribution in [0.1, 0.15) is 11.1 Å². The largest absolute Gasteiger partial charge is 0.484 e. The summed E-state index contributed by atoms with van der Waals surface area (Å²) in [5, 5.41) is 14.3. The summed E-state index contributed by atoms with van der Waals surface area (Å²) in [6, 6.07) is 14.2. The second-order valence-electron chi connectivity index (χ2n) is 5.37. The Balaban J connectivity index is 1.79. The first-order chi connectivity index (χ1) is 11.9. The molecule has 0 aliphatic heterocycles. The highest BCUT2D eigenvalue weighted by molar-refractivity contribution is 7.80. The number of carbonyl (C=O) groups is 2. The minimum atomic E-state index is -0.892. The molecule has 7 heteroatoms. The summed E-state index contributed by atoms with van der Waals surface area (Å²) in [7, 11) is 0. The van der Waals surface area contributed by atoms with Crippen LogP contribution in [0.4, 0.5) is 5.69 Å². The van der Waals surface area contributed by atoms with Crippen molar-refractivity contribution in [2.24, 2.45) is 0 Å². The van der Waals surface area contributed by atoms with Crippen molar-refractivity contribution in [1.82, 2.24) is 5.32 Å². The summed E-state index contributed by atoms with van der Waals surface area (Å²) in [4.78, 5) is 22.5. The van der Waals surface area contributed by atoms with Crippen molar-refractivity contribution in [3.63, 3.8) is 0 Å². The number of hydrogen-bond acceptors (Lipinski definition) is 4. The molecule has 3 N–H and O–H groups in total.